The van der Waals surface area contributed by atoms with Crippen molar-refractivity contribution in [2.75, 3.05) is 6.61 Å². The molecule has 1 aromatic rings. The SMILES string of the molecule is CCOC1CC(NS(=O)(=O)c2sc(=O)[nH]c2C)C1(C)C. The van der Waals surface area contributed by atoms with Crippen LogP contribution in [0.1, 0.15) is 32.9 Å². The van der Waals surface area contributed by atoms with E-state index in [0.717, 1.165) is 0 Å². The normalized spacial score (nSPS) is 25.4. The zero-order valence-corrected chi connectivity index (χ0v) is 13.7. The smallest absolute Gasteiger partial charge is 0.305 e. The van der Waals surface area contributed by atoms with Gasteiger partial charge in [0.15, 0.2) is 4.21 Å². The average Bonchev–Trinajstić information content (AvgIpc) is 2.68. The maximum Gasteiger partial charge on any atom is 0.305 e. The summed E-state index contributed by atoms with van der Waals surface area (Å²) in [5.41, 5.74) is 0.129. The van der Waals surface area contributed by atoms with Crippen LogP contribution in [0.15, 0.2) is 9.00 Å². The van der Waals surface area contributed by atoms with Gasteiger partial charge < -0.3 is 9.72 Å². The van der Waals surface area contributed by atoms with E-state index in [1.807, 2.05) is 20.8 Å². The molecule has 0 aromatic carbocycles. The highest BCUT2D eigenvalue weighted by Crippen LogP contribution is 2.43. The Bertz CT molecular complexity index is 645. The molecule has 1 saturated carbocycles. The lowest BCUT2D eigenvalue weighted by molar-refractivity contribution is -0.108. The molecule has 0 radical (unpaired) electrons. The monoisotopic (exact) mass is 320 g/mol. The van der Waals surface area contributed by atoms with E-state index < -0.39 is 10.0 Å². The van der Waals surface area contributed by atoms with E-state index in [0.29, 0.717) is 30.1 Å². The van der Waals surface area contributed by atoms with Crippen LogP contribution in [0, 0.1) is 12.3 Å². The molecule has 2 rings (SSSR count). The standard InChI is InChI=1S/C12H20N2O4S2/c1-5-18-9-6-8(12(9,3)4)14-20(16,17)10-7(2)13-11(15)19-10/h8-9,14H,5-6H2,1-4H3,(H,13,15). The Labute approximate surface area is 122 Å². The summed E-state index contributed by atoms with van der Waals surface area (Å²) < 4.78 is 33.0. The van der Waals surface area contributed by atoms with Crippen molar-refractivity contribution in [3.05, 3.63) is 15.4 Å². The summed E-state index contributed by atoms with van der Waals surface area (Å²) >= 11 is 0.716. The fourth-order valence-electron chi connectivity index (χ4n) is 2.46. The van der Waals surface area contributed by atoms with Gasteiger partial charge in [-0.2, -0.15) is 0 Å². The predicted molar refractivity (Wildman–Crippen MR) is 77.6 cm³/mol. The quantitative estimate of drug-likeness (QED) is 0.854. The molecule has 114 valence electrons. The summed E-state index contributed by atoms with van der Waals surface area (Å²) in [6.45, 7) is 8.09. The molecule has 1 aliphatic carbocycles. The Hall–Kier alpha value is -0.700. The van der Waals surface area contributed by atoms with Crippen LogP contribution in [-0.2, 0) is 14.8 Å². The van der Waals surface area contributed by atoms with Gasteiger partial charge in [-0.1, -0.05) is 25.2 Å². The first-order valence-electron chi connectivity index (χ1n) is 6.52. The van der Waals surface area contributed by atoms with Crippen molar-refractivity contribution in [2.24, 2.45) is 5.41 Å². The lowest BCUT2D eigenvalue weighted by Crippen LogP contribution is -2.61. The molecule has 0 saturated heterocycles. The van der Waals surface area contributed by atoms with Crippen molar-refractivity contribution in [1.82, 2.24) is 9.71 Å². The molecule has 0 amide bonds. The Balaban J connectivity index is 2.15. The van der Waals surface area contributed by atoms with E-state index in [9.17, 15) is 13.2 Å². The molecular formula is C12H20N2O4S2. The Morgan fingerprint density at radius 3 is 2.60 bits per heavy atom. The Kier molecular flexibility index (Phi) is 4.12. The van der Waals surface area contributed by atoms with Crippen molar-refractivity contribution in [2.45, 2.75) is 50.5 Å². The summed E-state index contributed by atoms with van der Waals surface area (Å²) in [4.78, 5) is 13.4. The number of sulfonamides is 1. The van der Waals surface area contributed by atoms with Gasteiger partial charge in [0, 0.05) is 23.8 Å². The first kappa shape index (κ1) is 15.7. The number of hydrogen-bond donors (Lipinski definition) is 2. The van der Waals surface area contributed by atoms with Gasteiger partial charge in [-0.25, -0.2) is 13.1 Å². The zero-order chi connectivity index (χ0) is 15.1. The molecule has 2 unspecified atom stereocenters. The van der Waals surface area contributed by atoms with Crippen LogP contribution >= 0.6 is 11.3 Å². The van der Waals surface area contributed by atoms with Crippen LogP contribution in [0.25, 0.3) is 0 Å². The van der Waals surface area contributed by atoms with Crippen LogP contribution in [0.2, 0.25) is 0 Å². The number of aryl methyl sites for hydroxylation is 1. The lowest BCUT2D eigenvalue weighted by Gasteiger charge is -2.51. The molecule has 1 aliphatic rings. The van der Waals surface area contributed by atoms with E-state index >= 15 is 0 Å². The van der Waals surface area contributed by atoms with Crippen LogP contribution in [-0.4, -0.2) is 32.2 Å². The molecule has 2 N–H and O–H groups in total. The van der Waals surface area contributed by atoms with Crippen LogP contribution < -0.4 is 9.60 Å². The van der Waals surface area contributed by atoms with Crippen molar-refractivity contribution >= 4 is 21.4 Å². The highest BCUT2D eigenvalue weighted by atomic mass is 32.2. The molecule has 1 heterocycles. The molecular weight excluding hydrogens is 300 g/mol. The Morgan fingerprint density at radius 1 is 1.50 bits per heavy atom. The minimum absolute atomic E-state index is 0.0614. The molecule has 1 aromatic heterocycles. The third-order valence-corrected chi connectivity index (χ3v) is 6.94. The maximum atomic E-state index is 12.3. The molecule has 1 fully saturated rings. The molecule has 0 spiro atoms. The van der Waals surface area contributed by atoms with Crippen LogP contribution in [0.5, 0.6) is 0 Å². The van der Waals surface area contributed by atoms with Gasteiger partial charge in [-0.3, -0.25) is 4.79 Å². The molecule has 0 aliphatic heterocycles. The number of H-pyrrole nitrogens is 1. The van der Waals surface area contributed by atoms with E-state index in [4.69, 9.17) is 4.74 Å². The fraction of sp³-hybridized carbons (Fsp3) is 0.750. The Morgan fingerprint density at radius 2 is 2.15 bits per heavy atom. The number of hydrogen-bond acceptors (Lipinski definition) is 5. The summed E-state index contributed by atoms with van der Waals surface area (Å²) in [6, 6.07) is -0.180. The van der Waals surface area contributed by atoms with Gasteiger partial charge in [0.25, 0.3) is 10.0 Å². The summed E-state index contributed by atoms with van der Waals surface area (Å²) in [6.07, 6.45) is 0.713. The summed E-state index contributed by atoms with van der Waals surface area (Å²) in [5.74, 6) is 0. The second-order valence-corrected chi connectivity index (χ2v) is 8.49. The first-order valence-corrected chi connectivity index (χ1v) is 8.82. The van der Waals surface area contributed by atoms with Crippen molar-refractivity contribution in [3.8, 4) is 0 Å². The molecule has 8 heteroatoms. The van der Waals surface area contributed by atoms with Gasteiger partial charge in [-0.15, -0.1) is 0 Å². The van der Waals surface area contributed by atoms with E-state index in [1.54, 1.807) is 6.92 Å². The number of aromatic amines is 1. The van der Waals surface area contributed by atoms with E-state index in [-0.39, 0.29) is 26.6 Å². The maximum absolute atomic E-state index is 12.3. The van der Waals surface area contributed by atoms with Crippen molar-refractivity contribution in [3.63, 3.8) is 0 Å². The highest BCUT2D eigenvalue weighted by Gasteiger charge is 2.50. The fourth-order valence-corrected chi connectivity index (χ4v) is 5.18. The molecule has 2 atom stereocenters. The minimum atomic E-state index is -3.66. The highest BCUT2D eigenvalue weighted by molar-refractivity contribution is 7.91. The number of aromatic nitrogens is 1. The third kappa shape index (κ3) is 2.69. The van der Waals surface area contributed by atoms with Crippen molar-refractivity contribution in [1.29, 1.82) is 0 Å². The zero-order valence-electron chi connectivity index (χ0n) is 12.0. The van der Waals surface area contributed by atoms with Crippen LogP contribution in [0.4, 0.5) is 0 Å². The largest absolute Gasteiger partial charge is 0.378 e. The number of rotatable bonds is 5. The third-order valence-electron chi connectivity index (χ3n) is 3.87. The van der Waals surface area contributed by atoms with E-state index in [1.165, 1.54) is 0 Å². The van der Waals surface area contributed by atoms with Gasteiger partial charge in [-0.05, 0) is 20.3 Å². The number of nitrogens with one attached hydrogen (secondary N) is 2. The predicted octanol–water partition coefficient (Wildman–Crippen LogP) is 1.23. The second-order valence-electron chi connectivity index (χ2n) is 5.60. The van der Waals surface area contributed by atoms with Crippen LogP contribution in [0.3, 0.4) is 0 Å². The first-order chi connectivity index (χ1) is 9.18. The summed E-state index contributed by atoms with van der Waals surface area (Å²) in [5, 5.41) is 0. The van der Waals surface area contributed by atoms with Gasteiger partial charge in [0.1, 0.15) is 0 Å². The van der Waals surface area contributed by atoms with Gasteiger partial charge in [0.05, 0.1) is 6.10 Å². The number of thiazole rings is 1. The summed E-state index contributed by atoms with van der Waals surface area (Å²) in [7, 11) is -3.66. The average molecular weight is 320 g/mol. The molecule has 0 bridgehead atoms. The van der Waals surface area contributed by atoms with E-state index in [2.05, 4.69) is 9.71 Å². The van der Waals surface area contributed by atoms with Gasteiger partial charge in [0.2, 0.25) is 0 Å². The lowest BCUT2D eigenvalue weighted by atomic mass is 9.65. The second kappa shape index (κ2) is 5.25. The topological polar surface area (TPSA) is 88.3 Å². The van der Waals surface area contributed by atoms with Crippen molar-refractivity contribution < 1.29 is 13.2 Å². The molecule has 20 heavy (non-hydrogen) atoms. The molecule has 6 nitrogen and oxygen atoms in total. The van der Waals surface area contributed by atoms with Gasteiger partial charge >= 0.3 is 4.87 Å². The number of ether oxygens (including phenoxy) is 1. The minimum Gasteiger partial charge on any atom is -0.378 e.